The van der Waals surface area contributed by atoms with Crippen molar-refractivity contribution in [2.45, 2.75) is 13.3 Å². The van der Waals surface area contributed by atoms with E-state index in [2.05, 4.69) is 0 Å². The Morgan fingerprint density at radius 3 is 2.30 bits per heavy atom. The summed E-state index contributed by atoms with van der Waals surface area (Å²) in [4.78, 5) is 0. The maximum atomic E-state index is 11.8. The maximum Gasteiger partial charge on any atom is 0.0934 e. The lowest BCUT2D eigenvalue weighted by molar-refractivity contribution is 0.495. The van der Waals surface area contributed by atoms with Gasteiger partial charge in [0.15, 0.2) is 0 Å². The highest BCUT2D eigenvalue weighted by Crippen LogP contribution is 2.03. The van der Waals surface area contributed by atoms with Crippen LogP contribution in [0.15, 0.2) is 24.3 Å². The Labute approximate surface area is 60.7 Å². The van der Waals surface area contributed by atoms with Gasteiger partial charge in [-0.15, -0.1) is 0 Å². The fraction of sp³-hybridized carbons (Fsp3) is 0.333. The Bertz CT molecular complexity index is 188. The number of alkyl halides is 1. The molecule has 0 aliphatic carbocycles. The van der Waals surface area contributed by atoms with Crippen LogP contribution < -0.4 is 0 Å². The van der Waals surface area contributed by atoms with Gasteiger partial charge in [0.25, 0.3) is 0 Å². The van der Waals surface area contributed by atoms with Crippen molar-refractivity contribution in [2.24, 2.45) is 0 Å². The SMILES string of the molecule is Cc1ccc(CCF)cc1. The Hall–Kier alpha value is -0.850. The largest absolute Gasteiger partial charge is 0.251 e. The van der Waals surface area contributed by atoms with Crippen LogP contribution in [0.2, 0.25) is 0 Å². The minimum absolute atomic E-state index is 0.261. The number of halogens is 1. The third kappa shape index (κ3) is 1.83. The highest BCUT2D eigenvalue weighted by atomic mass is 19.1. The Morgan fingerprint density at radius 2 is 1.80 bits per heavy atom. The number of benzene rings is 1. The zero-order chi connectivity index (χ0) is 7.40. The van der Waals surface area contributed by atoms with Crippen LogP contribution in [0.3, 0.4) is 0 Å². The minimum atomic E-state index is -0.261. The summed E-state index contributed by atoms with van der Waals surface area (Å²) in [5.41, 5.74) is 2.30. The van der Waals surface area contributed by atoms with Crippen molar-refractivity contribution in [3.63, 3.8) is 0 Å². The molecule has 1 heteroatoms. The number of hydrogen-bond donors (Lipinski definition) is 0. The first-order chi connectivity index (χ1) is 4.83. The smallest absolute Gasteiger partial charge is 0.0934 e. The summed E-state index contributed by atoms with van der Waals surface area (Å²) in [5, 5.41) is 0. The highest BCUT2D eigenvalue weighted by molar-refractivity contribution is 5.21. The van der Waals surface area contributed by atoms with Crippen LogP contribution in [-0.2, 0) is 6.42 Å². The molecule has 0 aliphatic heterocycles. The van der Waals surface area contributed by atoms with Crippen LogP contribution in [0.25, 0.3) is 0 Å². The lowest BCUT2D eigenvalue weighted by atomic mass is 10.1. The first kappa shape index (κ1) is 7.26. The molecule has 1 aromatic rings. The molecule has 0 heterocycles. The van der Waals surface area contributed by atoms with E-state index in [1.54, 1.807) is 0 Å². The molecule has 0 bridgehead atoms. The lowest BCUT2D eigenvalue weighted by Gasteiger charge is -1.96. The Morgan fingerprint density at radius 1 is 1.20 bits per heavy atom. The second kappa shape index (κ2) is 3.35. The maximum absolute atomic E-state index is 11.8. The van der Waals surface area contributed by atoms with E-state index < -0.39 is 0 Å². The first-order valence-corrected chi connectivity index (χ1v) is 3.44. The first-order valence-electron chi connectivity index (χ1n) is 3.44. The minimum Gasteiger partial charge on any atom is -0.251 e. The second-order valence-corrected chi connectivity index (χ2v) is 2.42. The summed E-state index contributed by atoms with van der Waals surface area (Å²) in [6.45, 7) is 1.77. The molecule has 0 radical (unpaired) electrons. The van der Waals surface area contributed by atoms with E-state index in [9.17, 15) is 4.39 Å². The third-order valence-electron chi connectivity index (χ3n) is 1.50. The molecule has 0 nitrogen and oxygen atoms in total. The summed E-state index contributed by atoms with van der Waals surface area (Å²) >= 11 is 0. The molecule has 0 amide bonds. The average molecular weight is 138 g/mol. The molecule has 0 saturated carbocycles. The third-order valence-corrected chi connectivity index (χ3v) is 1.50. The van der Waals surface area contributed by atoms with Crippen LogP contribution in [-0.4, -0.2) is 6.67 Å². The Kier molecular flexibility index (Phi) is 2.43. The van der Waals surface area contributed by atoms with Crippen LogP contribution >= 0.6 is 0 Å². The zero-order valence-corrected chi connectivity index (χ0v) is 6.10. The quantitative estimate of drug-likeness (QED) is 0.589. The summed E-state index contributed by atoms with van der Waals surface area (Å²) in [6, 6.07) is 7.94. The molecule has 0 spiro atoms. The topological polar surface area (TPSA) is 0 Å². The summed E-state index contributed by atoms with van der Waals surface area (Å²) < 4.78 is 11.8. The van der Waals surface area contributed by atoms with Crippen molar-refractivity contribution in [2.75, 3.05) is 6.67 Å². The fourth-order valence-electron chi connectivity index (χ4n) is 0.864. The van der Waals surface area contributed by atoms with Crippen molar-refractivity contribution in [3.05, 3.63) is 35.4 Å². The van der Waals surface area contributed by atoms with Gasteiger partial charge in [-0.05, 0) is 12.5 Å². The standard InChI is InChI=1S/C9H11F/c1-8-2-4-9(5-3-8)6-7-10/h2-5H,6-7H2,1H3. The summed E-state index contributed by atoms with van der Waals surface area (Å²) in [7, 11) is 0. The van der Waals surface area contributed by atoms with E-state index in [4.69, 9.17) is 0 Å². The predicted octanol–water partition coefficient (Wildman–Crippen LogP) is 2.51. The van der Waals surface area contributed by atoms with Crippen LogP contribution in [0.4, 0.5) is 4.39 Å². The monoisotopic (exact) mass is 138 g/mol. The van der Waals surface area contributed by atoms with Crippen molar-refractivity contribution in [3.8, 4) is 0 Å². The summed E-state index contributed by atoms with van der Waals surface area (Å²) in [6.07, 6.45) is 0.542. The van der Waals surface area contributed by atoms with Crippen LogP contribution in [0, 0.1) is 6.92 Å². The number of aryl methyl sites for hydroxylation is 2. The van der Waals surface area contributed by atoms with E-state index in [1.807, 2.05) is 31.2 Å². The van der Waals surface area contributed by atoms with Crippen molar-refractivity contribution >= 4 is 0 Å². The van der Waals surface area contributed by atoms with Gasteiger partial charge in [-0.25, -0.2) is 0 Å². The Balaban J connectivity index is 2.69. The molecule has 0 N–H and O–H groups in total. The van der Waals surface area contributed by atoms with Crippen molar-refractivity contribution in [1.29, 1.82) is 0 Å². The molecule has 0 saturated heterocycles. The molecular formula is C9H11F. The molecule has 1 rings (SSSR count). The number of rotatable bonds is 2. The van der Waals surface area contributed by atoms with E-state index >= 15 is 0 Å². The second-order valence-electron chi connectivity index (χ2n) is 2.42. The normalized spacial score (nSPS) is 9.80. The van der Waals surface area contributed by atoms with Crippen LogP contribution in [0.5, 0.6) is 0 Å². The van der Waals surface area contributed by atoms with Gasteiger partial charge in [0.05, 0.1) is 6.67 Å². The van der Waals surface area contributed by atoms with Crippen molar-refractivity contribution < 1.29 is 4.39 Å². The van der Waals surface area contributed by atoms with Gasteiger partial charge < -0.3 is 0 Å². The fourth-order valence-corrected chi connectivity index (χ4v) is 0.864. The van der Waals surface area contributed by atoms with Gasteiger partial charge in [-0.1, -0.05) is 29.8 Å². The van der Waals surface area contributed by atoms with Crippen LogP contribution in [0.1, 0.15) is 11.1 Å². The van der Waals surface area contributed by atoms with Gasteiger partial charge in [0, 0.05) is 6.42 Å². The molecule has 54 valence electrons. The molecular weight excluding hydrogens is 127 g/mol. The van der Waals surface area contributed by atoms with Crippen molar-refractivity contribution in [1.82, 2.24) is 0 Å². The average Bonchev–Trinajstić information content (AvgIpc) is 1.95. The predicted molar refractivity (Wildman–Crippen MR) is 40.9 cm³/mol. The van der Waals surface area contributed by atoms with E-state index in [0.29, 0.717) is 6.42 Å². The van der Waals surface area contributed by atoms with Gasteiger partial charge in [-0.3, -0.25) is 4.39 Å². The molecule has 10 heavy (non-hydrogen) atoms. The van der Waals surface area contributed by atoms with Gasteiger partial charge >= 0.3 is 0 Å². The number of hydrogen-bond acceptors (Lipinski definition) is 0. The van der Waals surface area contributed by atoms with Gasteiger partial charge in [0.2, 0.25) is 0 Å². The molecule has 0 aromatic heterocycles. The van der Waals surface area contributed by atoms with E-state index in [0.717, 1.165) is 5.56 Å². The van der Waals surface area contributed by atoms with E-state index in [-0.39, 0.29) is 6.67 Å². The van der Waals surface area contributed by atoms with Gasteiger partial charge in [-0.2, -0.15) is 0 Å². The van der Waals surface area contributed by atoms with Gasteiger partial charge in [0.1, 0.15) is 0 Å². The lowest BCUT2D eigenvalue weighted by Crippen LogP contribution is -1.85. The molecule has 1 aromatic carbocycles. The highest BCUT2D eigenvalue weighted by Gasteiger charge is 1.89. The summed E-state index contributed by atoms with van der Waals surface area (Å²) in [5.74, 6) is 0. The molecule has 0 atom stereocenters. The molecule has 0 fully saturated rings. The molecule has 0 unspecified atom stereocenters. The molecule has 0 aliphatic rings. The zero-order valence-electron chi connectivity index (χ0n) is 6.10. The van der Waals surface area contributed by atoms with E-state index in [1.165, 1.54) is 5.56 Å².